The zero-order valence-corrected chi connectivity index (χ0v) is 12.2. The number of anilines is 1. The van der Waals surface area contributed by atoms with Gasteiger partial charge in [0.25, 0.3) is 5.91 Å². The number of aromatic nitrogens is 1. The van der Waals surface area contributed by atoms with E-state index in [4.69, 9.17) is 0 Å². The average molecular weight is 346 g/mol. The molecular weight excluding hydrogens is 335 g/mol. The highest BCUT2D eigenvalue weighted by Gasteiger charge is 2.39. The Hall–Kier alpha value is -2.71. The zero-order valence-electron chi connectivity index (χ0n) is 12.2. The van der Waals surface area contributed by atoms with Gasteiger partial charge in [-0.25, -0.2) is 13.8 Å². The predicted octanol–water partition coefficient (Wildman–Crippen LogP) is 3.94. The molecule has 0 bridgehead atoms. The number of carbonyl (C=O) groups is 1. The molecule has 1 heterocycles. The summed E-state index contributed by atoms with van der Waals surface area (Å²) in [6, 6.07) is 5.78. The molecular formula is C15H11F5N2O2. The van der Waals surface area contributed by atoms with Crippen LogP contribution in [0.2, 0.25) is 0 Å². The van der Waals surface area contributed by atoms with Gasteiger partial charge in [0.05, 0.1) is 11.9 Å². The van der Waals surface area contributed by atoms with E-state index >= 15 is 0 Å². The molecule has 1 N–H and O–H groups in total. The number of carbonyl (C=O) groups excluding carboxylic acids is 1. The first kappa shape index (κ1) is 17.6. The fourth-order valence-electron chi connectivity index (χ4n) is 1.67. The van der Waals surface area contributed by atoms with E-state index in [-0.39, 0.29) is 5.69 Å². The van der Waals surface area contributed by atoms with Crippen molar-refractivity contribution in [2.75, 3.05) is 5.32 Å². The third-order valence-corrected chi connectivity index (χ3v) is 2.93. The molecule has 0 aliphatic carbocycles. The van der Waals surface area contributed by atoms with Crippen LogP contribution in [0.5, 0.6) is 5.88 Å². The first-order valence-electron chi connectivity index (χ1n) is 6.63. The van der Waals surface area contributed by atoms with Crippen molar-refractivity contribution in [2.45, 2.75) is 19.2 Å². The van der Waals surface area contributed by atoms with E-state index < -0.39 is 41.3 Å². The van der Waals surface area contributed by atoms with Gasteiger partial charge < -0.3 is 10.1 Å². The van der Waals surface area contributed by atoms with Crippen LogP contribution in [0.1, 0.15) is 17.3 Å². The normalized spacial score (nSPS) is 12.6. The lowest BCUT2D eigenvalue weighted by Gasteiger charge is -2.18. The Morgan fingerprint density at radius 1 is 1.25 bits per heavy atom. The largest absolute Gasteiger partial charge is 0.464 e. The summed E-state index contributed by atoms with van der Waals surface area (Å²) < 4.78 is 69.1. The van der Waals surface area contributed by atoms with Crippen molar-refractivity contribution in [1.82, 2.24) is 4.98 Å². The highest BCUT2D eigenvalue weighted by Crippen LogP contribution is 2.27. The molecule has 4 nitrogen and oxygen atoms in total. The summed E-state index contributed by atoms with van der Waals surface area (Å²) >= 11 is 0. The van der Waals surface area contributed by atoms with Gasteiger partial charge in [0, 0.05) is 0 Å². The molecule has 0 radical (unpaired) electrons. The number of hydrogen-bond donors (Lipinski definition) is 1. The summed E-state index contributed by atoms with van der Waals surface area (Å²) in [5.41, 5.74) is -0.809. The Bertz CT molecular complexity index is 749. The number of hydrogen-bond acceptors (Lipinski definition) is 3. The van der Waals surface area contributed by atoms with Crippen LogP contribution in [0.15, 0.2) is 36.5 Å². The Kier molecular flexibility index (Phi) is 5.01. The first-order valence-corrected chi connectivity index (χ1v) is 6.63. The smallest absolute Gasteiger partial charge is 0.425 e. The van der Waals surface area contributed by atoms with Gasteiger partial charge in [-0.15, -0.1) is 0 Å². The molecule has 1 aromatic heterocycles. The topological polar surface area (TPSA) is 51.2 Å². The Balaban J connectivity index is 2.30. The van der Waals surface area contributed by atoms with Crippen molar-refractivity contribution in [3.05, 3.63) is 53.7 Å². The second-order valence-electron chi connectivity index (χ2n) is 4.74. The van der Waals surface area contributed by atoms with E-state index in [0.29, 0.717) is 19.2 Å². The molecule has 0 aliphatic heterocycles. The van der Waals surface area contributed by atoms with Crippen molar-refractivity contribution in [3.63, 3.8) is 0 Å². The molecule has 9 heteroatoms. The molecule has 2 rings (SSSR count). The van der Waals surface area contributed by atoms with Crippen LogP contribution in [0.4, 0.5) is 27.6 Å². The summed E-state index contributed by atoms with van der Waals surface area (Å²) in [4.78, 5) is 15.5. The number of ether oxygens (including phenoxy) is 1. The number of alkyl halides is 3. The van der Waals surface area contributed by atoms with Crippen molar-refractivity contribution < 1.29 is 31.5 Å². The fraction of sp³-hybridized carbons (Fsp3) is 0.200. The van der Waals surface area contributed by atoms with Gasteiger partial charge in [0.2, 0.25) is 5.88 Å². The maximum absolute atomic E-state index is 13.5. The van der Waals surface area contributed by atoms with Crippen molar-refractivity contribution >= 4 is 11.6 Å². The summed E-state index contributed by atoms with van der Waals surface area (Å²) in [7, 11) is 0. The quantitative estimate of drug-likeness (QED) is 0.853. The summed E-state index contributed by atoms with van der Waals surface area (Å²) in [5.74, 6) is -3.49. The third-order valence-electron chi connectivity index (χ3n) is 2.93. The Morgan fingerprint density at radius 2 is 1.92 bits per heavy atom. The minimum absolute atomic E-state index is 0.221. The number of benzene rings is 1. The first-order chi connectivity index (χ1) is 11.2. The predicted molar refractivity (Wildman–Crippen MR) is 74.7 cm³/mol. The second-order valence-corrected chi connectivity index (χ2v) is 4.74. The van der Waals surface area contributed by atoms with Crippen LogP contribution in [0.25, 0.3) is 0 Å². The van der Waals surface area contributed by atoms with Crippen LogP contribution in [-0.4, -0.2) is 23.2 Å². The van der Waals surface area contributed by atoms with E-state index in [9.17, 15) is 26.7 Å². The van der Waals surface area contributed by atoms with E-state index in [1.165, 1.54) is 18.2 Å². The fourth-order valence-corrected chi connectivity index (χ4v) is 1.67. The van der Waals surface area contributed by atoms with Gasteiger partial charge in [0.1, 0.15) is 17.2 Å². The molecule has 24 heavy (non-hydrogen) atoms. The van der Waals surface area contributed by atoms with Gasteiger partial charge in [-0.05, 0) is 25.1 Å². The van der Waals surface area contributed by atoms with Crippen molar-refractivity contribution in [3.8, 4) is 5.88 Å². The van der Waals surface area contributed by atoms with Gasteiger partial charge >= 0.3 is 6.18 Å². The van der Waals surface area contributed by atoms with Crippen LogP contribution in [-0.2, 0) is 0 Å². The number of amides is 1. The molecule has 0 fully saturated rings. The van der Waals surface area contributed by atoms with E-state index in [1.54, 1.807) is 0 Å². The van der Waals surface area contributed by atoms with Gasteiger partial charge in [-0.2, -0.15) is 13.2 Å². The minimum Gasteiger partial charge on any atom is -0.464 e. The highest BCUT2D eigenvalue weighted by atomic mass is 19.4. The lowest BCUT2D eigenvalue weighted by Crippen LogP contribution is -2.32. The SMILES string of the molecule is CC(Oc1ncc(F)cc1C(=O)Nc1ccccc1F)C(F)(F)F. The molecule has 0 spiro atoms. The van der Waals surface area contributed by atoms with Crippen LogP contribution < -0.4 is 10.1 Å². The van der Waals surface area contributed by atoms with Crippen LogP contribution >= 0.6 is 0 Å². The molecule has 128 valence electrons. The molecule has 0 saturated carbocycles. The van der Waals surface area contributed by atoms with Crippen molar-refractivity contribution in [2.24, 2.45) is 0 Å². The molecule has 1 unspecified atom stereocenters. The molecule has 1 atom stereocenters. The maximum atomic E-state index is 13.5. The Morgan fingerprint density at radius 3 is 2.54 bits per heavy atom. The summed E-state index contributed by atoms with van der Waals surface area (Å²) in [6.07, 6.45) is -6.36. The van der Waals surface area contributed by atoms with Crippen LogP contribution in [0, 0.1) is 11.6 Å². The van der Waals surface area contributed by atoms with E-state index in [0.717, 1.165) is 6.07 Å². The standard InChI is InChI=1S/C15H11F5N2O2/c1-8(15(18,19)20)24-14-10(6-9(16)7-21-14)13(23)22-12-5-3-2-4-11(12)17/h2-8H,1H3,(H,22,23). The third kappa shape index (κ3) is 4.18. The minimum atomic E-state index is -4.70. The molecule has 0 saturated heterocycles. The van der Waals surface area contributed by atoms with E-state index in [2.05, 4.69) is 15.0 Å². The van der Waals surface area contributed by atoms with Crippen molar-refractivity contribution in [1.29, 1.82) is 0 Å². The molecule has 0 aliphatic rings. The number of para-hydroxylation sites is 1. The van der Waals surface area contributed by atoms with E-state index in [1.807, 2.05) is 0 Å². The zero-order chi connectivity index (χ0) is 17.9. The lowest BCUT2D eigenvalue weighted by atomic mass is 10.2. The van der Waals surface area contributed by atoms with Gasteiger partial charge in [-0.3, -0.25) is 4.79 Å². The highest BCUT2D eigenvalue weighted by molar-refractivity contribution is 6.05. The monoisotopic (exact) mass is 346 g/mol. The number of nitrogens with one attached hydrogen (secondary N) is 1. The van der Waals surface area contributed by atoms with Crippen LogP contribution in [0.3, 0.4) is 0 Å². The maximum Gasteiger partial charge on any atom is 0.425 e. The number of nitrogens with zero attached hydrogens (tertiary/aromatic N) is 1. The number of rotatable bonds is 4. The Labute approximate surface area is 133 Å². The number of pyridine rings is 1. The summed E-state index contributed by atoms with van der Waals surface area (Å²) in [5, 5.41) is 2.12. The summed E-state index contributed by atoms with van der Waals surface area (Å²) in [6.45, 7) is 0.712. The molecule has 2 aromatic rings. The number of halogens is 5. The second kappa shape index (κ2) is 6.81. The molecule has 1 aromatic carbocycles. The molecule has 1 amide bonds. The van der Waals surface area contributed by atoms with Gasteiger partial charge in [0.15, 0.2) is 6.10 Å². The van der Waals surface area contributed by atoms with Gasteiger partial charge in [-0.1, -0.05) is 12.1 Å². The lowest BCUT2D eigenvalue weighted by molar-refractivity contribution is -0.190. The average Bonchev–Trinajstić information content (AvgIpc) is 2.50.